The molecular weight excluding hydrogens is 488 g/mol. The summed E-state index contributed by atoms with van der Waals surface area (Å²) in [5.41, 5.74) is 2.08. The van der Waals surface area contributed by atoms with E-state index in [0.717, 1.165) is 5.56 Å². The van der Waals surface area contributed by atoms with Crippen LogP contribution in [0.25, 0.3) is 0 Å². The number of hydrogen-bond acceptors (Lipinski definition) is 9. The molecule has 2 aromatic heterocycles. The van der Waals surface area contributed by atoms with E-state index in [1.165, 1.54) is 18.6 Å². The van der Waals surface area contributed by atoms with Gasteiger partial charge >= 0.3 is 0 Å². The number of carbonyl (C=O) groups excluding carboxylic acids is 2. The van der Waals surface area contributed by atoms with Gasteiger partial charge in [-0.05, 0) is 50.1 Å². The topological polar surface area (TPSA) is 140 Å². The van der Waals surface area contributed by atoms with Crippen molar-refractivity contribution in [1.29, 1.82) is 0 Å². The highest BCUT2D eigenvalue weighted by Gasteiger charge is 2.54. The van der Waals surface area contributed by atoms with E-state index in [4.69, 9.17) is 9.47 Å². The Hall–Kier alpha value is -3.93. The maximum Gasteiger partial charge on any atom is 0.247 e. The second-order valence-electron chi connectivity index (χ2n) is 9.90. The van der Waals surface area contributed by atoms with Gasteiger partial charge in [-0.15, -0.1) is 0 Å². The van der Waals surface area contributed by atoms with Gasteiger partial charge in [0.15, 0.2) is 5.79 Å². The summed E-state index contributed by atoms with van der Waals surface area (Å²) < 4.78 is 13.8. The van der Waals surface area contributed by atoms with E-state index in [9.17, 15) is 14.7 Å². The summed E-state index contributed by atoms with van der Waals surface area (Å²) in [6, 6.07) is 8.80. The maximum absolute atomic E-state index is 13.4. The number of anilines is 2. The maximum atomic E-state index is 13.4. The number of aliphatic hydroxyl groups excluding tert-OH is 1. The quantitative estimate of drug-likeness (QED) is 0.288. The fraction of sp³-hybridized carbons (Fsp3) is 0.370. The van der Waals surface area contributed by atoms with Crippen LogP contribution in [0.4, 0.5) is 11.5 Å². The number of aromatic nitrogens is 4. The van der Waals surface area contributed by atoms with E-state index in [2.05, 4.69) is 32.3 Å². The zero-order valence-corrected chi connectivity index (χ0v) is 21.2. The molecule has 0 spiro atoms. The molecule has 2 fully saturated rings. The standard InChI is InChI=1S/C27H30N6O5/c1-4-22(35)30-18-7-5-6-16(10-18)13-33-9-8-20(32-33)23(36)19-12-28-15-29-26(19)31-21-11-17(14-34)24-25(21)38-27(2,3)37-24/h4-10,12,15,17,21,24-25,34H,1,11,13-14H2,2-3H3,(H,30,35)(H,28,29,31). The molecule has 198 valence electrons. The zero-order chi connectivity index (χ0) is 26.9. The highest BCUT2D eigenvalue weighted by molar-refractivity contribution is 6.10. The number of rotatable bonds is 9. The molecule has 3 N–H and O–H groups in total. The molecule has 11 heteroatoms. The van der Waals surface area contributed by atoms with Crippen LogP contribution >= 0.6 is 0 Å². The molecule has 3 heterocycles. The van der Waals surface area contributed by atoms with Crippen molar-refractivity contribution in [3.63, 3.8) is 0 Å². The summed E-state index contributed by atoms with van der Waals surface area (Å²) in [5, 5.41) is 20.4. The Balaban J connectivity index is 1.31. The molecule has 0 bridgehead atoms. The fourth-order valence-electron chi connectivity index (χ4n) is 5.03. The zero-order valence-electron chi connectivity index (χ0n) is 21.2. The van der Waals surface area contributed by atoms with Crippen molar-refractivity contribution in [2.45, 2.75) is 50.8 Å². The number of ketones is 1. The number of nitrogens with zero attached hydrogens (tertiary/aromatic N) is 4. The first kappa shape index (κ1) is 25.7. The number of nitrogens with one attached hydrogen (secondary N) is 2. The predicted molar refractivity (Wildman–Crippen MR) is 138 cm³/mol. The molecule has 4 unspecified atom stereocenters. The monoisotopic (exact) mass is 518 g/mol. The van der Waals surface area contributed by atoms with Crippen LogP contribution in [-0.4, -0.2) is 67.2 Å². The predicted octanol–water partition coefficient (Wildman–Crippen LogP) is 2.39. The minimum absolute atomic E-state index is 0.0185. The van der Waals surface area contributed by atoms with E-state index >= 15 is 0 Å². The van der Waals surface area contributed by atoms with Gasteiger partial charge < -0.3 is 25.2 Å². The molecule has 1 amide bonds. The van der Waals surface area contributed by atoms with Crippen LogP contribution < -0.4 is 10.6 Å². The summed E-state index contributed by atoms with van der Waals surface area (Å²) in [4.78, 5) is 33.4. The molecule has 2 aliphatic rings. The van der Waals surface area contributed by atoms with Crippen molar-refractivity contribution >= 4 is 23.2 Å². The molecule has 0 radical (unpaired) electrons. The Labute approximate surface area is 219 Å². The Kier molecular flexibility index (Phi) is 7.06. The number of fused-ring (bicyclic) bond motifs is 1. The third-order valence-electron chi connectivity index (χ3n) is 6.69. The molecule has 1 aliphatic heterocycles. The first-order valence-electron chi connectivity index (χ1n) is 12.4. The first-order chi connectivity index (χ1) is 18.3. The number of amides is 1. The molecule has 4 atom stereocenters. The van der Waals surface area contributed by atoms with Crippen LogP contribution in [0.5, 0.6) is 0 Å². The Bertz CT molecular complexity index is 1350. The van der Waals surface area contributed by atoms with Crippen LogP contribution in [0.1, 0.15) is 41.9 Å². The number of benzene rings is 1. The van der Waals surface area contributed by atoms with Crippen molar-refractivity contribution in [3.8, 4) is 0 Å². The van der Waals surface area contributed by atoms with Crippen LogP contribution in [0.3, 0.4) is 0 Å². The number of carbonyl (C=O) groups is 2. The minimum Gasteiger partial charge on any atom is -0.396 e. The second kappa shape index (κ2) is 10.4. The highest BCUT2D eigenvalue weighted by Crippen LogP contribution is 2.42. The smallest absolute Gasteiger partial charge is 0.247 e. The normalized spacial score (nSPS) is 23.6. The number of aliphatic hydroxyl groups is 1. The summed E-state index contributed by atoms with van der Waals surface area (Å²) in [6.07, 6.45) is 5.86. The fourth-order valence-corrected chi connectivity index (χ4v) is 5.03. The molecule has 3 aromatic rings. The second-order valence-corrected chi connectivity index (χ2v) is 9.90. The van der Waals surface area contributed by atoms with Gasteiger partial charge in [-0.3, -0.25) is 14.3 Å². The Morgan fingerprint density at radius 3 is 2.87 bits per heavy atom. The summed E-state index contributed by atoms with van der Waals surface area (Å²) in [6.45, 7) is 7.54. The summed E-state index contributed by atoms with van der Waals surface area (Å²) in [5.74, 6) is -1.08. The largest absolute Gasteiger partial charge is 0.396 e. The van der Waals surface area contributed by atoms with Gasteiger partial charge in [-0.2, -0.15) is 5.10 Å². The molecule has 11 nitrogen and oxygen atoms in total. The van der Waals surface area contributed by atoms with E-state index in [0.29, 0.717) is 24.5 Å². The van der Waals surface area contributed by atoms with Crippen molar-refractivity contribution in [2.75, 3.05) is 17.2 Å². The molecule has 1 saturated carbocycles. The SMILES string of the molecule is C=CC(=O)Nc1cccc(Cn2ccc(C(=O)c3cncnc3NC3CC(CO)C4OC(C)(C)OC34)n2)c1. The molecule has 38 heavy (non-hydrogen) atoms. The first-order valence-corrected chi connectivity index (χ1v) is 12.4. The summed E-state index contributed by atoms with van der Waals surface area (Å²) >= 11 is 0. The summed E-state index contributed by atoms with van der Waals surface area (Å²) in [7, 11) is 0. The molecule has 1 aromatic carbocycles. The van der Waals surface area contributed by atoms with Gasteiger partial charge in [-0.25, -0.2) is 9.97 Å². The van der Waals surface area contributed by atoms with Crippen LogP contribution in [0.2, 0.25) is 0 Å². The van der Waals surface area contributed by atoms with Gasteiger partial charge in [-0.1, -0.05) is 18.7 Å². The lowest BCUT2D eigenvalue weighted by Gasteiger charge is -2.24. The van der Waals surface area contributed by atoms with E-state index in [1.54, 1.807) is 23.0 Å². The van der Waals surface area contributed by atoms with E-state index < -0.39 is 5.79 Å². The van der Waals surface area contributed by atoms with Crippen molar-refractivity contribution in [1.82, 2.24) is 19.7 Å². The van der Waals surface area contributed by atoms with Crippen molar-refractivity contribution in [2.24, 2.45) is 5.92 Å². The molecule has 1 aliphatic carbocycles. The lowest BCUT2D eigenvalue weighted by Crippen LogP contribution is -2.35. The number of hydrogen-bond donors (Lipinski definition) is 3. The molecule has 1 saturated heterocycles. The molecular formula is C27H30N6O5. The average Bonchev–Trinajstić information content (AvgIpc) is 3.57. The average molecular weight is 519 g/mol. The minimum atomic E-state index is -0.753. The number of ether oxygens (including phenoxy) is 2. The van der Waals surface area contributed by atoms with Crippen LogP contribution in [0.15, 0.2) is 61.7 Å². The van der Waals surface area contributed by atoms with Gasteiger partial charge in [0, 0.05) is 30.6 Å². The third-order valence-corrected chi connectivity index (χ3v) is 6.69. The Morgan fingerprint density at radius 2 is 2.08 bits per heavy atom. The van der Waals surface area contributed by atoms with Crippen LogP contribution in [-0.2, 0) is 20.8 Å². The highest BCUT2D eigenvalue weighted by atomic mass is 16.8. The van der Waals surface area contributed by atoms with Crippen molar-refractivity contribution < 1.29 is 24.2 Å². The van der Waals surface area contributed by atoms with Gasteiger partial charge in [0.1, 0.15) is 23.9 Å². The third kappa shape index (κ3) is 5.35. The Morgan fingerprint density at radius 1 is 1.26 bits per heavy atom. The van der Waals surface area contributed by atoms with Gasteiger partial charge in [0.05, 0.1) is 24.3 Å². The molecule has 5 rings (SSSR count). The van der Waals surface area contributed by atoms with Gasteiger partial charge in [0.2, 0.25) is 11.7 Å². The van der Waals surface area contributed by atoms with Crippen LogP contribution in [0, 0.1) is 5.92 Å². The van der Waals surface area contributed by atoms with Gasteiger partial charge in [0.25, 0.3) is 0 Å². The van der Waals surface area contributed by atoms with E-state index in [-0.39, 0.29) is 53.7 Å². The lowest BCUT2D eigenvalue weighted by molar-refractivity contribution is -0.158. The van der Waals surface area contributed by atoms with E-state index in [1.807, 2.05) is 32.0 Å². The van der Waals surface area contributed by atoms with Crippen molar-refractivity contribution in [3.05, 3.63) is 78.5 Å². The lowest BCUT2D eigenvalue weighted by atomic mass is 10.1.